The second-order valence-corrected chi connectivity index (χ2v) is 43.1. The smallest absolute Gasteiger partial charge is 0.252 e. The summed E-state index contributed by atoms with van der Waals surface area (Å²) < 4.78 is 85.5. The van der Waals surface area contributed by atoms with Crippen LogP contribution in [0.1, 0.15) is 169 Å². The molecule has 0 unspecified atom stereocenters. The molecule has 6 heteroatoms. The molecule has 0 radical (unpaired) electrons. The van der Waals surface area contributed by atoms with Crippen molar-refractivity contribution in [3.63, 3.8) is 0 Å². The van der Waals surface area contributed by atoms with Crippen molar-refractivity contribution in [3.05, 3.63) is 385 Å². The van der Waals surface area contributed by atoms with Crippen LogP contribution in [0, 0.1) is 0 Å². The van der Waals surface area contributed by atoms with E-state index in [1.54, 1.807) is 4.57 Å². The van der Waals surface area contributed by atoms with Crippen molar-refractivity contribution in [2.75, 3.05) is 9.80 Å². The molecular formula is C126H112BN5. The van der Waals surface area contributed by atoms with E-state index in [9.17, 15) is 11.0 Å². The van der Waals surface area contributed by atoms with Crippen LogP contribution < -0.4 is 26.2 Å². The molecule has 21 aromatic rings. The molecule has 0 amide bonds. The number of nitrogens with zero attached hydrogens (tertiary/aromatic N) is 5. The first kappa shape index (κ1) is 73.6. The Morgan fingerprint density at radius 1 is 0.227 bits per heavy atom. The molecule has 17 aromatic carbocycles. The predicted molar refractivity (Wildman–Crippen MR) is 570 cm³/mol. The molecule has 132 heavy (non-hydrogen) atoms. The molecule has 0 N–H and O–H groups in total. The molecule has 6 heterocycles. The number of hydrogen-bond acceptors (Lipinski definition) is 2. The van der Waals surface area contributed by atoms with E-state index >= 15 is 0 Å². The minimum Gasteiger partial charge on any atom is -0.310 e. The van der Waals surface area contributed by atoms with Crippen LogP contribution in [0.15, 0.2) is 352 Å². The summed E-state index contributed by atoms with van der Waals surface area (Å²) in [5, 5.41) is 10.9. The number of rotatable bonds is 8. The van der Waals surface area contributed by atoms with Gasteiger partial charge in [0, 0.05) is 93.8 Å². The van der Waals surface area contributed by atoms with Crippen molar-refractivity contribution in [1.82, 2.24) is 13.5 Å². The molecule has 0 atom stereocenters. The summed E-state index contributed by atoms with van der Waals surface area (Å²) in [7, 11) is 0. The van der Waals surface area contributed by atoms with Crippen LogP contribution in [0.2, 0.25) is 0 Å². The summed E-state index contributed by atoms with van der Waals surface area (Å²) in [4.78, 5) is 5.28. The first-order chi connectivity index (χ1) is 66.6. The van der Waals surface area contributed by atoms with Crippen LogP contribution in [0.25, 0.3) is 159 Å². The molecule has 0 fully saturated rings. The lowest BCUT2D eigenvalue weighted by atomic mass is 9.33. The highest BCUT2D eigenvalue weighted by Crippen LogP contribution is 2.58. The third-order valence-electron chi connectivity index (χ3n) is 28.5. The Labute approximate surface area is 787 Å². The van der Waals surface area contributed by atoms with E-state index < -0.39 is 53.8 Å². The molecule has 0 bridgehead atoms. The maximum atomic E-state index is 10.3. The quantitative estimate of drug-likeness (QED) is 0.141. The van der Waals surface area contributed by atoms with Gasteiger partial charge in [0.1, 0.15) is 0 Å². The average Bonchev–Trinajstić information content (AvgIpc) is 1.21. The van der Waals surface area contributed by atoms with Gasteiger partial charge in [0.25, 0.3) is 6.71 Å². The lowest BCUT2D eigenvalue weighted by Crippen LogP contribution is -2.61. The summed E-state index contributed by atoms with van der Waals surface area (Å²) in [6, 6.07) is 111. The van der Waals surface area contributed by atoms with E-state index in [1.807, 2.05) is 6.07 Å². The first-order valence-electron chi connectivity index (χ1n) is 50.7. The summed E-state index contributed by atoms with van der Waals surface area (Å²) in [6.45, 7) is 41.2. The highest BCUT2D eigenvalue weighted by molar-refractivity contribution is 7.00. The molecule has 2 aliphatic heterocycles. The monoisotopic (exact) mass is 1710 g/mol. The van der Waals surface area contributed by atoms with Crippen LogP contribution in [-0.2, 0) is 32.5 Å². The predicted octanol–water partition coefficient (Wildman–Crippen LogP) is 33.0. The average molecular weight is 1720 g/mol. The standard InChI is InChI=1S/C126H112BN5/c1-121(2,3)81-62-79(63-82(66-81)122(4,5)6)102-70-85(125(13,14)15)68-100(77-40-21-19-22-41-77)119(102)131-113-72-87(128-107-55-34-29-48-93(107)94-49-30-35-56-108(94)128)60-61-105(113)127-106-75-104-92-47-28-26-45-90(92)89-44-25-27-46-91(89)98-53-39-54-99-97-52-33-38-59-111(97)130(118(98)99)112(104)76-114(106)132(116-74-88(73-115(131)117(116)127)129-109-57-36-31-50-95(109)96-51-32-37-58-110(96)129)120-101(78-42-23-20-24-43-78)69-86(126(16,17)18)71-103(120)80-64-83(123(7,8)9)67-84(65-80)124(10,11)12/h19-76H,1-18H3/i29D,30D,34D,35D,48D,49D,55D,56D. The van der Waals surface area contributed by atoms with Gasteiger partial charge in [-0.3, -0.25) is 0 Å². The second kappa shape index (κ2) is 29.7. The molecular weight excluding hydrogens is 1590 g/mol. The Hall–Kier alpha value is -14.2. The zero-order valence-corrected chi connectivity index (χ0v) is 78.7. The van der Waals surface area contributed by atoms with Crippen molar-refractivity contribution in [3.8, 4) is 55.9 Å². The number of para-hydroxylation sites is 6. The number of benzene rings is 17. The minimum absolute atomic E-state index is 0.00501. The summed E-state index contributed by atoms with van der Waals surface area (Å²) >= 11 is 0. The van der Waals surface area contributed by atoms with E-state index in [4.69, 9.17) is 0 Å². The Balaban J connectivity index is 1.02. The summed E-state index contributed by atoms with van der Waals surface area (Å²) in [5.41, 5.74) is 27.7. The molecule has 0 aliphatic carbocycles. The van der Waals surface area contributed by atoms with Crippen molar-refractivity contribution < 1.29 is 11.0 Å². The molecule has 4 aromatic heterocycles. The molecule has 5 nitrogen and oxygen atoms in total. The summed E-state index contributed by atoms with van der Waals surface area (Å²) in [6.07, 6.45) is 0. The topological polar surface area (TPSA) is 20.8 Å². The fourth-order valence-electron chi connectivity index (χ4n) is 21.5. The van der Waals surface area contributed by atoms with Crippen LogP contribution in [0.4, 0.5) is 34.1 Å². The van der Waals surface area contributed by atoms with E-state index in [-0.39, 0.29) is 55.6 Å². The van der Waals surface area contributed by atoms with Gasteiger partial charge in [0.05, 0.1) is 66.6 Å². The zero-order valence-electron chi connectivity index (χ0n) is 86.7. The minimum atomic E-state index is -0.694. The van der Waals surface area contributed by atoms with Crippen LogP contribution in [0.5, 0.6) is 0 Å². The molecule has 0 spiro atoms. The fraction of sp³-hybridized carbons (Fsp3) is 0.190. The Kier molecular flexibility index (Phi) is 16.5. The Morgan fingerprint density at radius 2 is 0.561 bits per heavy atom. The highest BCUT2D eigenvalue weighted by Gasteiger charge is 2.47. The largest absolute Gasteiger partial charge is 0.310 e. The van der Waals surface area contributed by atoms with Gasteiger partial charge in [0.15, 0.2) is 0 Å². The number of fused-ring (bicyclic) bond motifs is 20. The molecule has 0 saturated heterocycles. The van der Waals surface area contributed by atoms with Gasteiger partial charge in [0.2, 0.25) is 0 Å². The lowest BCUT2D eigenvalue weighted by molar-refractivity contribution is 0.568. The van der Waals surface area contributed by atoms with Gasteiger partial charge in [-0.2, -0.15) is 0 Å². The zero-order chi connectivity index (χ0) is 97.8. The van der Waals surface area contributed by atoms with Crippen LogP contribution in [-0.4, -0.2) is 20.2 Å². The van der Waals surface area contributed by atoms with Crippen LogP contribution in [0.3, 0.4) is 0 Å². The third kappa shape index (κ3) is 13.1. The maximum Gasteiger partial charge on any atom is 0.252 e. The summed E-state index contributed by atoms with van der Waals surface area (Å²) in [5.74, 6) is 0. The lowest BCUT2D eigenvalue weighted by Gasteiger charge is -2.46. The number of aromatic nitrogens is 3. The number of anilines is 6. The van der Waals surface area contributed by atoms with Crippen LogP contribution >= 0.6 is 0 Å². The van der Waals surface area contributed by atoms with Gasteiger partial charge in [-0.1, -0.05) is 391 Å². The van der Waals surface area contributed by atoms with Gasteiger partial charge in [-0.15, -0.1) is 0 Å². The highest BCUT2D eigenvalue weighted by atomic mass is 15.2. The van der Waals surface area contributed by atoms with Gasteiger partial charge in [-0.05, 0) is 211 Å². The number of hydrogen-bond donors (Lipinski definition) is 0. The Bertz CT molecular complexity index is 8790. The van der Waals surface area contributed by atoms with E-state index in [0.29, 0.717) is 5.69 Å². The van der Waals surface area contributed by atoms with Gasteiger partial charge >= 0.3 is 0 Å². The fourth-order valence-corrected chi connectivity index (χ4v) is 21.5. The molecule has 644 valence electrons. The second-order valence-electron chi connectivity index (χ2n) is 43.1. The molecule has 23 rings (SSSR count). The van der Waals surface area contributed by atoms with E-state index in [0.717, 1.165) is 188 Å². The normalized spacial score (nSPS) is 14.2. The molecule has 2 aliphatic rings. The van der Waals surface area contributed by atoms with Crippen molar-refractivity contribution >= 4 is 160 Å². The van der Waals surface area contributed by atoms with Crippen molar-refractivity contribution in [1.29, 1.82) is 0 Å². The molecule has 0 saturated carbocycles. The SMILES string of the molecule is [2H]c1c([2H])c([2H])c2c(c1[2H])c1c([2H])c([2H])c([2H])c([2H])c1n2-c1ccc2c(c1)N(c1c(-c3ccccc3)cc(C(C)(C)C)cc1-c1cc(C(C)(C)C)cc(C(C)(C)C)c1)c1cc(-n3c4ccccc4c4ccccc43)cc3c1B2c1cc2c4ccccc4c4ccccc4c4cccc5c6ccccc6n(c2cc1N3c1c(-c2ccccc2)cc(C(C)(C)C)cc1-c1cc(C(C)(C)C)cc(C(C)(C)C)c1)c45. The Morgan fingerprint density at radius 3 is 1.00 bits per heavy atom. The maximum absolute atomic E-state index is 10.3. The van der Waals surface area contributed by atoms with Crippen molar-refractivity contribution in [2.45, 2.75) is 157 Å². The van der Waals surface area contributed by atoms with E-state index in [1.165, 1.54) is 27.8 Å². The van der Waals surface area contributed by atoms with E-state index in [2.05, 4.69) is 441 Å². The third-order valence-corrected chi connectivity index (χ3v) is 28.5. The van der Waals surface area contributed by atoms with Gasteiger partial charge < -0.3 is 23.3 Å². The first-order valence-corrected chi connectivity index (χ1v) is 46.7. The van der Waals surface area contributed by atoms with Gasteiger partial charge in [-0.25, -0.2) is 0 Å². The van der Waals surface area contributed by atoms with Crippen molar-refractivity contribution in [2.24, 2.45) is 0 Å².